The lowest BCUT2D eigenvalue weighted by atomic mass is 10.3. The number of rotatable bonds is 6. The Morgan fingerprint density at radius 2 is 1.57 bits per heavy atom. The van der Waals surface area contributed by atoms with Crippen LogP contribution < -0.4 is 17.2 Å². The van der Waals surface area contributed by atoms with E-state index in [-0.39, 0.29) is 6.04 Å². The molecule has 0 aromatic carbocycles. The molecule has 14 heavy (non-hydrogen) atoms. The van der Waals surface area contributed by atoms with E-state index < -0.39 is 13.8 Å². The maximum absolute atomic E-state index is 5.97. The molecule has 86 valence electrons. The molecule has 0 saturated heterocycles. The van der Waals surface area contributed by atoms with E-state index in [9.17, 15) is 0 Å². The Morgan fingerprint density at radius 1 is 1.21 bits per heavy atom. The van der Waals surface area contributed by atoms with Crippen molar-refractivity contribution in [1.82, 2.24) is 0 Å². The summed E-state index contributed by atoms with van der Waals surface area (Å²) < 4.78 is 11.2. The van der Waals surface area contributed by atoms with Crippen LogP contribution in [0.5, 0.6) is 0 Å². The Kier molecular flexibility index (Phi) is 5.20. The minimum absolute atomic E-state index is 0.364. The van der Waals surface area contributed by atoms with Crippen molar-refractivity contribution in [2.75, 3.05) is 13.2 Å². The van der Waals surface area contributed by atoms with Crippen LogP contribution in [0, 0.1) is 0 Å². The molecular weight excluding hydrogens is 198 g/mol. The lowest BCUT2D eigenvalue weighted by molar-refractivity contribution is 0.154. The summed E-state index contributed by atoms with van der Waals surface area (Å²) in [6, 6.07) is -0.364. The highest BCUT2D eigenvalue weighted by Crippen LogP contribution is 2.19. The lowest BCUT2D eigenvalue weighted by Gasteiger charge is -2.41. The summed E-state index contributed by atoms with van der Waals surface area (Å²) in [5, 5.41) is -1.07. The highest BCUT2D eigenvalue weighted by Gasteiger charge is 2.51. The van der Waals surface area contributed by atoms with Crippen LogP contribution in [0.2, 0.25) is 6.55 Å². The predicted octanol–water partition coefficient (Wildman–Crippen LogP) is -0.368. The Morgan fingerprint density at radius 3 is 1.79 bits per heavy atom. The summed E-state index contributed by atoms with van der Waals surface area (Å²) in [5.41, 5.74) is 17.7. The van der Waals surface area contributed by atoms with Crippen LogP contribution in [0.4, 0.5) is 0 Å². The van der Waals surface area contributed by atoms with Crippen molar-refractivity contribution in [3.05, 3.63) is 0 Å². The van der Waals surface area contributed by atoms with Crippen LogP contribution in [0.25, 0.3) is 0 Å². The molecule has 0 rings (SSSR count). The van der Waals surface area contributed by atoms with Crippen molar-refractivity contribution >= 4 is 8.56 Å². The quantitative estimate of drug-likeness (QED) is 0.420. The highest BCUT2D eigenvalue weighted by molar-refractivity contribution is 6.69. The van der Waals surface area contributed by atoms with Gasteiger partial charge in [-0.25, -0.2) is 0 Å². The lowest BCUT2D eigenvalue weighted by Crippen LogP contribution is -2.78. The monoisotopic (exact) mass is 221 g/mol. The molecule has 0 aromatic rings. The van der Waals surface area contributed by atoms with Gasteiger partial charge in [0.2, 0.25) is 0 Å². The molecule has 0 saturated carbocycles. The zero-order valence-electron chi connectivity index (χ0n) is 9.54. The van der Waals surface area contributed by atoms with E-state index in [1.54, 1.807) is 6.92 Å². The molecule has 0 radical (unpaired) electrons. The van der Waals surface area contributed by atoms with Gasteiger partial charge in [-0.2, -0.15) is 0 Å². The van der Waals surface area contributed by atoms with Crippen LogP contribution in [0.3, 0.4) is 0 Å². The van der Waals surface area contributed by atoms with E-state index in [1.165, 1.54) is 0 Å². The minimum Gasteiger partial charge on any atom is -0.393 e. The maximum Gasteiger partial charge on any atom is 0.372 e. The highest BCUT2D eigenvalue weighted by atomic mass is 28.4. The molecular formula is C8H23N3O2Si. The van der Waals surface area contributed by atoms with Crippen molar-refractivity contribution in [2.45, 2.75) is 38.6 Å². The van der Waals surface area contributed by atoms with Crippen molar-refractivity contribution in [3.8, 4) is 0 Å². The van der Waals surface area contributed by atoms with E-state index in [1.807, 2.05) is 20.4 Å². The van der Waals surface area contributed by atoms with E-state index in [2.05, 4.69) is 0 Å². The van der Waals surface area contributed by atoms with E-state index in [0.717, 1.165) is 0 Å². The molecule has 6 heteroatoms. The smallest absolute Gasteiger partial charge is 0.372 e. The molecule has 0 heterocycles. The van der Waals surface area contributed by atoms with Gasteiger partial charge in [0, 0.05) is 19.3 Å². The molecule has 0 spiro atoms. The Labute approximate surface area is 87.2 Å². The molecule has 0 bridgehead atoms. The molecule has 0 aliphatic rings. The predicted molar refractivity (Wildman–Crippen MR) is 59.6 cm³/mol. The number of nitrogens with two attached hydrogens (primary N) is 3. The minimum atomic E-state index is -2.61. The van der Waals surface area contributed by atoms with Crippen molar-refractivity contribution in [2.24, 2.45) is 17.2 Å². The third-order valence-electron chi connectivity index (χ3n) is 2.38. The van der Waals surface area contributed by atoms with E-state index >= 15 is 0 Å². The Balaban J connectivity index is 4.78. The zero-order valence-corrected chi connectivity index (χ0v) is 10.5. The van der Waals surface area contributed by atoms with Crippen molar-refractivity contribution in [3.63, 3.8) is 0 Å². The van der Waals surface area contributed by atoms with Crippen molar-refractivity contribution < 1.29 is 8.85 Å². The van der Waals surface area contributed by atoms with Crippen LogP contribution in [0.1, 0.15) is 20.8 Å². The molecule has 0 aliphatic carbocycles. The second kappa shape index (κ2) is 5.20. The molecule has 1 unspecified atom stereocenters. The van der Waals surface area contributed by atoms with Gasteiger partial charge in [-0.05, 0) is 27.3 Å². The van der Waals surface area contributed by atoms with Gasteiger partial charge in [-0.1, -0.05) is 0 Å². The average Bonchev–Trinajstić information content (AvgIpc) is 2.04. The third kappa shape index (κ3) is 2.75. The van der Waals surface area contributed by atoms with Gasteiger partial charge >= 0.3 is 8.56 Å². The summed E-state index contributed by atoms with van der Waals surface area (Å²) in [4.78, 5) is 0. The summed E-state index contributed by atoms with van der Waals surface area (Å²) in [6.07, 6.45) is 0. The van der Waals surface area contributed by atoms with Crippen LogP contribution >= 0.6 is 0 Å². The summed E-state index contributed by atoms with van der Waals surface area (Å²) >= 11 is 0. The third-order valence-corrected chi connectivity index (χ3v) is 6.09. The van der Waals surface area contributed by atoms with Crippen LogP contribution in [-0.2, 0) is 8.85 Å². The SMILES string of the molecule is CCO[Si](C)(OCC)C(N)(N)C(C)N. The topological polar surface area (TPSA) is 96.5 Å². The fraction of sp³-hybridized carbons (Fsp3) is 1.00. The molecule has 0 amide bonds. The van der Waals surface area contributed by atoms with Crippen molar-refractivity contribution in [1.29, 1.82) is 0 Å². The van der Waals surface area contributed by atoms with Gasteiger partial charge in [-0.3, -0.25) is 0 Å². The molecule has 0 aromatic heterocycles. The van der Waals surface area contributed by atoms with E-state index in [0.29, 0.717) is 13.2 Å². The second-order valence-corrected chi connectivity index (χ2v) is 6.87. The number of hydrogen-bond acceptors (Lipinski definition) is 5. The van der Waals surface area contributed by atoms with Gasteiger partial charge in [0.05, 0.1) is 0 Å². The van der Waals surface area contributed by atoms with Gasteiger partial charge < -0.3 is 26.1 Å². The first-order valence-electron chi connectivity index (χ1n) is 4.93. The normalized spacial score (nSPS) is 15.6. The fourth-order valence-electron chi connectivity index (χ4n) is 1.26. The molecule has 5 nitrogen and oxygen atoms in total. The first-order valence-corrected chi connectivity index (χ1v) is 7.24. The fourth-order valence-corrected chi connectivity index (χ4v) is 3.77. The summed E-state index contributed by atoms with van der Waals surface area (Å²) in [7, 11) is -2.61. The molecule has 1 atom stereocenters. The van der Waals surface area contributed by atoms with Gasteiger partial charge in [-0.15, -0.1) is 0 Å². The number of hydrogen-bond donors (Lipinski definition) is 3. The standard InChI is InChI=1S/C8H23N3O2Si/c1-5-12-14(4,13-6-2)8(10,11)7(3)9/h7H,5-6,9-11H2,1-4H3. The Hall–Kier alpha value is 0.0169. The maximum atomic E-state index is 5.97. The first-order chi connectivity index (χ1) is 6.31. The summed E-state index contributed by atoms with van der Waals surface area (Å²) in [6.45, 7) is 8.47. The van der Waals surface area contributed by atoms with Gasteiger partial charge in [0.1, 0.15) is 5.29 Å². The van der Waals surface area contributed by atoms with Gasteiger partial charge in [0.25, 0.3) is 0 Å². The largest absolute Gasteiger partial charge is 0.393 e. The first kappa shape index (κ1) is 14.0. The van der Waals surface area contributed by atoms with Crippen LogP contribution in [0.15, 0.2) is 0 Å². The zero-order chi connectivity index (χ0) is 11.4. The van der Waals surface area contributed by atoms with Gasteiger partial charge in [0.15, 0.2) is 0 Å². The Bertz CT molecular complexity index is 170. The second-order valence-electron chi connectivity index (χ2n) is 3.53. The summed E-state index contributed by atoms with van der Waals surface area (Å²) in [5.74, 6) is 0. The molecule has 6 N–H and O–H groups in total. The molecule has 0 fully saturated rings. The molecule has 0 aliphatic heterocycles. The average molecular weight is 221 g/mol. The van der Waals surface area contributed by atoms with Crippen LogP contribution in [-0.4, -0.2) is 33.1 Å². The van der Waals surface area contributed by atoms with E-state index in [4.69, 9.17) is 26.1 Å².